The van der Waals surface area contributed by atoms with E-state index in [0.29, 0.717) is 44.3 Å². The van der Waals surface area contributed by atoms with Crippen LogP contribution in [0.4, 0.5) is 10.2 Å². The van der Waals surface area contributed by atoms with Gasteiger partial charge >= 0.3 is 0 Å². The number of likely N-dealkylation sites (tertiary alicyclic amines) is 1. The SMILES string of the molecule is Cc1cc(N2CCC(O)(CN(C)C(=O)C3(Cc4ccccc4F)CCN(C)CC3)C2)ncn1. The minimum Gasteiger partial charge on any atom is -0.386 e. The molecule has 1 N–H and O–H groups in total. The molecule has 3 heterocycles. The third-order valence-electron chi connectivity index (χ3n) is 7.21. The molecule has 7 nitrogen and oxygen atoms in total. The smallest absolute Gasteiger partial charge is 0.229 e. The molecule has 0 saturated carbocycles. The lowest BCUT2D eigenvalue weighted by atomic mass is 9.72. The number of nitrogens with zero attached hydrogens (tertiary/aromatic N) is 5. The van der Waals surface area contributed by atoms with Crippen molar-refractivity contribution in [2.45, 2.75) is 38.2 Å². The predicted molar refractivity (Wildman–Crippen MR) is 125 cm³/mol. The van der Waals surface area contributed by atoms with E-state index in [1.165, 1.54) is 12.4 Å². The largest absolute Gasteiger partial charge is 0.386 e. The molecule has 2 aliphatic heterocycles. The summed E-state index contributed by atoms with van der Waals surface area (Å²) in [5.74, 6) is 0.513. The van der Waals surface area contributed by atoms with Gasteiger partial charge < -0.3 is 19.8 Å². The van der Waals surface area contributed by atoms with E-state index < -0.39 is 11.0 Å². The van der Waals surface area contributed by atoms with Crippen molar-refractivity contribution in [3.8, 4) is 0 Å². The molecule has 1 atom stereocenters. The highest BCUT2D eigenvalue weighted by Gasteiger charge is 2.45. The van der Waals surface area contributed by atoms with Gasteiger partial charge in [0.15, 0.2) is 0 Å². The van der Waals surface area contributed by atoms with Crippen molar-refractivity contribution < 1.29 is 14.3 Å². The summed E-state index contributed by atoms with van der Waals surface area (Å²) >= 11 is 0. The second kappa shape index (κ2) is 9.35. The van der Waals surface area contributed by atoms with E-state index in [0.717, 1.165) is 24.6 Å². The Balaban J connectivity index is 1.49. The molecule has 1 unspecified atom stereocenters. The maximum absolute atomic E-state index is 14.5. The van der Waals surface area contributed by atoms with Gasteiger partial charge in [0, 0.05) is 31.9 Å². The van der Waals surface area contributed by atoms with Gasteiger partial charge in [-0.2, -0.15) is 0 Å². The summed E-state index contributed by atoms with van der Waals surface area (Å²) in [5.41, 5.74) is -0.232. The first kappa shape index (κ1) is 23.6. The number of anilines is 1. The van der Waals surface area contributed by atoms with Gasteiger partial charge in [-0.15, -0.1) is 0 Å². The van der Waals surface area contributed by atoms with Crippen LogP contribution in [0.15, 0.2) is 36.7 Å². The Morgan fingerprint density at radius 3 is 2.61 bits per heavy atom. The fraction of sp³-hybridized carbons (Fsp3) is 0.560. The lowest BCUT2D eigenvalue weighted by molar-refractivity contribution is -0.146. The van der Waals surface area contributed by atoms with E-state index >= 15 is 0 Å². The average Bonchev–Trinajstić information content (AvgIpc) is 3.18. The molecule has 2 aliphatic rings. The summed E-state index contributed by atoms with van der Waals surface area (Å²) < 4.78 is 14.5. The molecule has 33 heavy (non-hydrogen) atoms. The normalized spacial score (nSPS) is 23.0. The fourth-order valence-corrected chi connectivity index (χ4v) is 5.23. The van der Waals surface area contributed by atoms with Crippen LogP contribution in [0.1, 0.15) is 30.5 Å². The van der Waals surface area contributed by atoms with Crippen LogP contribution in [0.3, 0.4) is 0 Å². The molecule has 0 bridgehead atoms. The van der Waals surface area contributed by atoms with Gasteiger partial charge in [0.05, 0.1) is 12.0 Å². The number of carbonyl (C=O) groups is 1. The molecule has 1 amide bonds. The van der Waals surface area contributed by atoms with Crippen LogP contribution < -0.4 is 4.90 Å². The number of hydrogen-bond donors (Lipinski definition) is 1. The molecule has 0 aliphatic carbocycles. The summed E-state index contributed by atoms with van der Waals surface area (Å²) in [5, 5.41) is 11.3. The third-order valence-corrected chi connectivity index (χ3v) is 7.21. The maximum atomic E-state index is 14.5. The Bertz CT molecular complexity index is 994. The monoisotopic (exact) mass is 455 g/mol. The molecule has 178 valence electrons. The number of rotatable bonds is 6. The van der Waals surface area contributed by atoms with E-state index in [9.17, 15) is 14.3 Å². The Kier molecular flexibility index (Phi) is 6.68. The number of aromatic nitrogens is 2. The summed E-state index contributed by atoms with van der Waals surface area (Å²) in [6, 6.07) is 8.63. The number of hydrogen-bond acceptors (Lipinski definition) is 6. The zero-order valence-electron chi connectivity index (χ0n) is 19.8. The quantitative estimate of drug-likeness (QED) is 0.721. The number of aliphatic hydroxyl groups is 1. The minimum absolute atomic E-state index is 0.0105. The molecule has 2 aromatic rings. The molecular formula is C25H34FN5O2. The number of halogens is 1. The number of likely N-dealkylation sites (N-methyl/N-ethyl adjacent to an activating group) is 1. The number of aryl methyl sites for hydroxylation is 1. The molecule has 1 aromatic heterocycles. The molecule has 1 aromatic carbocycles. The first-order valence-electron chi connectivity index (χ1n) is 11.6. The minimum atomic E-state index is -1.02. The van der Waals surface area contributed by atoms with Crippen LogP contribution in [0.2, 0.25) is 0 Å². The highest BCUT2D eigenvalue weighted by atomic mass is 19.1. The summed E-state index contributed by atoms with van der Waals surface area (Å²) in [4.78, 5) is 28.2. The molecule has 2 fully saturated rings. The molecule has 8 heteroatoms. The van der Waals surface area contributed by atoms with Crippen molar-refractivity contribution in [2.24, 2.45) is 5.41 Å². The predicted octanol–water partition coefficient (Wildman–Crippen LogP) is 2.28. The van der Waals surface area contributed by atoms with E-state index in [1.54, 1.807) is 24.1 Å². The first-order chi connectivity index (χ1) is 15.7. The van der Waals surface area contributed by atoms with Gasteiger partial charge in [-0.3, -0.25) is 4.79 Å². The summed E-state index contributed by atoms with van der Waals surface area (Å²) in [7, 11) is 3.81. The number of amides is 1. The third kappa shape index (κ3) is 5.17. The zero-order valence-corrected chi connectivity index (χ0v) is 19.8. The molecule has 0 spiro atoms. The number of carbonyl (C=O) groups excluding carboxylic acids is 1. The van der Waals surface area contributed by atoms with Crippen LogP contribution >= 0.6 is 0 Å². The molecule has 2 saturated heterocycles. The Morgan fingerprint density at radius 1 is 1.18 bits per heavy atom. The van der Waals surface area contributed by atoms with E-state index in [2.05, 4.69) is 14.9 Å². The number of piperidine rings is 1. The van der Waals surface area contributed by atoms with Crippen molar-refractivity contribution >= 4 is 11.7 Å². The highest BCUT2D eigenvalue weighted by molar-refractivity contribution is 5.83. The van der Waals surface area contributed by atoms with Crippen molar-refractivity contribution in [2.75, 3.05) is 51.7 Å². The molecule has 0 radical (unpaired) electrons. The Morgan fingerprint density at radius 2 is 1.91 bits per heavy atom. The number of β-amino-alcohol motifs (C(OH)–C–C–N with tert-alkyl or cyclic N) is 1. The maximum Gasteiger partial charge on any atom is 0.229 e. The van der Waals surface area contributed by atoms with Gasteiger partial charge in [-0.05, 0) is 64.4 Å². The van der Waals surface area contributed by atoms with E-state index in [-0.39, 0.29) is 18.3 Å². The standard InChI is InChI=1S/C25H34FN5O2/c1-19-14-22(28-18-27-19)31-13-10-25(33,17-31)16-30(3)23(32)24(8-11-29(2)12-9-24)15-20-6-4-5-7-21(20)26/h4-7,14,18,33H,8-13,15-17H2,1-3H3. The first-order valence-corrected chi connectivity index (χ1v) is 11.6. The summed E-state index contributed by atoms with van der Waals surface area (Å²) in [6.07, 6.45) is 3.81. The van der Waals surface area contributed by atoms with Crippen molar-refractivity contribution in [1.29, 1.82) is 0 Å². The van der Waals surface area contributed by atoms with Gasteiger partial charge in [0.2, 0.25) is 5.91 Å². The van der Waals surface area contributed by atoms with Crippen LogP contribution in [0.25, 0.3) is 0 Å². The fourth-order valence-electron chi connectivity index (χ4n) is 5.23. The van der Waals surface area contributed by atoms with Crippen LogP contribution in [0.5, 0.6) is 0 Å². The second-order valence-electron chi connectivity index (χ2n) is 9.93. The molecule has 4 rings (SSSR count). The van der Waals surface area contributed by atoms with Gasteiger partial charge in [-0.1, -0.05) is 18.2 Å². The van der Waals surface area contributed by atoms with Crippen molar-refractivity contribution in [3.05, 3.63) is 53.7 Å². The van der Waals surface area contributed by atoms with Gasteiger partial charge in [0.1, 0.15) is 23.6 Å². The Labute approximate surface area is 195 Å². The summed E-state index contributed by atoms with van der Waals surface area (Å²) in [6.45, 7) is 4.81. The Hall–Kier alpha value is -2.58. The van der Waals surface area contributed by atoms with Gasteiger partial charge in [-0.25, -0.2) is 14.4 Å². The van der Waals surface area contributed by atoms with Crippen LogP contribution in [-0.2, 0) is 11.2 Å². The van der Waals surface area contributed by atoms with Crippen LogP contribution in [-0.4, -0.2) is 83.2 Å². The lowest BCUT2D eigenvalue weighted by Crippen LogP contribution is -2.53. The average molecular weight is 456 g/mol. The van der Waals surface area contributed by atoms with Crippen LogP contribution in [0, 0.1) is 18.2 Å². The molecular weight excluding hydrogens is 421 g/mol. The number of benzene rings is 1. The lowest BCUT2D eigenvalue weighted by Gasteiger charge is -2.43. The van der Waals surface area contributed by atoms with E-state index in [4.69, 9.17) is 0 Å². The van der Waals surface area contributed by atoms with Gasteiger partial charge in [0.25, 0.3) is 0 Å². The van der Waals surface area contributed by atoms with E-state index in [1.807, 2.05) is 31.0 Å². The highest BCUT2D eigenvalue weighted by Crippen LogP contribution is 2.38. The second-order valence-corrected chi connectivity index (χ2v) is 9.93. The zero-order chi connectivity index (χ0) is 23.6. The topological polar surface area (TPSA) is 72.8 Å². The van der Waals surface area contributed by atoms with Crippen molar-refractivity contribution in [3.63, 3.8) is 0 Å². The van der Waals surface area contributed by atoms with Crippen molar-refractivity contribution in [1.82, 2.24) is 19.8 Å².